The highest BCUT2D eigenvalue weighted by molar-refractivity contribution is 7.70. The highest BCUT2D eigenvalue weighted by Gasteiger charge is 2.36. The smallest absolute Gasteiger partial charge is 0.419 e. The summed E-state index contributed by atoms with van der Waals surface area (Å²) in [7, 11) is -0.692. The van der Waals surface area contributed by atoms with Gasteiger partial charge in [0.1, 0.15) is 24.6 Å². The molecule has 0 amide bonds. The molecule has 5 rings (SSSR count). The minimum atomic E-state index is -4.63. The van der Waals surface area contributed by atoms with Crippen molar-refractivity contribution in [2.45, 2.75) is 18.7 Å². The van der Waals surface area contributed by atoms with Gasteiger partial charge in [-0.05, 0) is 74.8 Å². The van der Waals surface area contributed by atoms with Crippen molar-refractivity contribution in [1.29, 1.82) is 0 Å². The van der Waals surface area contributed by atoms with Crippen LogP contribution in [0.3, 0.4) is 0 Å². The molecule has 0 aliphatic carbocycles. The summed E-state index contributed by atoms with van der Waals surface area (Å²) in [4.78, 5) is 9.42. The van der Waals surface area contributed by atoms with Gasteiger partial charge in [-0.25, -0.2) is 4.98 Å². The molecular formula is C27H28F3N4O2P. The molecule has 2 aromatic heterocycles. The number of likely N-dealkylation sites (N-methyl/N-ethyl adjacent to an activating group) is 1. The Hall–Kier alpha value is -3.29. The third-order valence-electron chi connectivity index (χ3n) is 6.52. The normalized spacial score (nSPS) is 16.9. The van der Waals surface area contributed by atoms with E-state index < -0.39 is 18.9 Å². The van der Waals surface area contributed by atoms with Gasteiger partial charge in [-0.2, -0.15) is 13.2 Å². The molecule has 0 bridgehead atoms. The number of benzene rings is 2. The van der Waals surface area contributed by atoms with E-state index in [4.69, 9.17) is 4.74 Å². The van der Waals surface area contributed by atoms with Crippen molar-refractivity contribution < 1.29 is 22.5 Å². The summed E-state index contributed by atoms with van der Waals surface area (Å²) in [6.45, 7) is 5.06. The molecule has 194 valence electrons. The first-order valence-electron chi connectivity index (χ1n) is 12.0. The molecule has 10 heteroatoms. The standard InChI is InChI=1S/C27H28F3N4O2P/c1-34-13-12-19(16-34)36-18-10-8-17(9-11-18)23-14-20-25(21(27(28,29)30)15-31-26(20)33-23)32-22-6-4-5-7-24(22)37(2,3)35/h4-11,14-15,19H,12-13,16H2,1-3H3,(H2,31,32,33)/t19-/m1/s1. The maximum atomic E-state index is 14.0. The van der Waals surface area contributed by atoms with Crippen LogP contribution in [0.25, 0.3) is 22.3 Å². The monoisotopic (exact) mass is 528 g/mol. The van der Waals surface area contributed by atoms with Gasteiger partial charge in [-0.3, -0.25) is 0 Å². The Balaban J connectivity index is 1.52. The number of likely N-dealkylation sites (tertiary alicyclic amines) is 1. The van der Waals surface area contributed by atoms with Crippen LogP contribution >= 0.6 is 7.14 Å². The van der Waals surface area contributed by atoms with Gasteiger partial charge in [0.25, 0.3) is 0 Å². The summed E-state index contributed by atoms with van der Waals surface area (Å²) in [5.41, 5.74) is 1.07. The maximum absolute atomic E-state index is 14.0. The van der Waals surface area contributed by atoms with E-state index in [0.29, 0.717) is 22.3 Å². The number of aromatic nitrogens is 2. The molecule has 0 unspecified atom stereocenters. The van der Waals surface area contributed by atoms with Gasteiger partial charge in [-0.15, -0.1) is 0 Å². The number of nitrogens with one attached hydrogen (secondary N) is 2. The molecule has 0 spiro atoms. The number of ether oxygens (including phenoxy) is 1. The zero-order chi connectivity index (χ0) is 26.4. The Morgan fingerprint density at radius 1 is 1.14 bits per heavy atom. The predicted octanol–water partition coefficient (Wildman–Crippen LogP) is 6.32. The number of para-hydroxylation sites is 1. The van der Waals surface area contributed by atoms with Crippen LogP contribution in [0.2, 0.25) is 0 Å². The Bertz CT molecular complexity index is 1480. The zero-order valence-corrected chi connectivity index (χ0v) is 21.7. The first-order chi connectivity index (χ1) is 17.5. The van der Waals surface area contributed by atoms with Gasteiger partial charge >= 0.3 is 6.18 Å². The number of hydrogen-bond acceptors (Lipinski definition) is 5. The quantitative estimate of drug-likeness (QED) is 0.287. The minimum Gasteiger partial charge on any atom is -0.489 e. The third kappa shape index (κ3) is 5.38. The van der Waals surface area contributed by atoms with E-state index in [-0.39, 0.29) is 17.2 Å². The Kier molecular flexibility index (Phi) is 6.54. The van der Waals surface area contributed by atoms with Gasteiger partial charge in [0.15, 0.2) is 0 Å². The first-order valence-corrected chi connectivity index (χ1v) is 14.6. The van der Waals surface area contributed by atoms with E-state index >= 15 is 0 Å². The Morgan fingerprint density at radius 3 is 2.51 bits per heavy atom. The number of aromatic amines is 1. The highest BCUT2D eigenvalue weighted by Crippen LogP contribution is 2.43. The highest BCUT2D eigenvalue weighted by atomic mass is 31.2. The topological polar surface area (TPSA) is 70.2 Å². The number of hydrogen-bond donors (Lipinski definition) is 2. The Labute approximate surface area is 213 Å². The van der Waals surface area contributed by atoms with Crippen LogP contribution in [0.5, 0.6) is 5.75 Å². The van der Waals surface area contributed by atoms with Crippen LogP contribution in [0.1, 0.15) is 12.0 Å². The Morgan fingerprint density at radius 2 is 1.86 bits per heavy atom. The largest absolute Gasteiger partial charge is 0.489 e. The van der Waals surface area contributed by atoms with E-state index in [0.717, 1.165) is 37.0 Å². The fourth-order valence-electron chi connectivity index (χ4n) is 4.66. The number of pyridine rings is 1. The van der Waals surface area contributed by atoms with Gasteiger partial charge in [0.2, 0.25) is 0 Å². The number of alkyl halides is 3. The van der Waals surface area contributed by atoms with Crippen LogP contribution in [-0.2, 0) is 10.7 Å². The lowest BCUT2D eigenvalue weighted by Gasteiger charge is -2.19. The average Bonchev–Trinajstić information content (AvgIpc) is 3.45. The van der Waals surface area contributed by atoms with Crippen LogP contribution in [0.4, 0.5) is 24.5 Å². The molecule has 1 fully saturated rings. The number of fused-ring (bicyclic) bond motifs is 1. The molecule has 1 atom stereocenters. The number of H-pyrrole nitrogens is 1. The van der Waals surface area contributed by atoms with Gasteiger partial charge < -0.3 is 24.5 Å². The van der Waals surface area contributed by atoms with Gasteiger partial charge in [-0.1, -0.05) is 12.1 Å². The number of rotatable bonds is 6. The summed E-state index contributed by atoms with van der Waals surface area (Å²) in [6.07, 6.45) is -2.70. The second kappa shape index (κ2) is 9.54. The predicted molar refractivity (Wildman–Crippen MR) is 142 cm³/mol. The summed E-state index contributed by atoms with van der Waals surface area (Å²) in [5.74, 6) is 0.750. The summed E-state index contributed by atoms with van der Waals surface area (Å²) < 4.78 is 60.9. The van der Waals surface area contributed by atoms with E-state index in [1.54, 1.807) is 43.7 Å². The van der Waals surface area contributed by atoms with Crippen LogP contribution in [0, 0.1) is 0 Å². The van der Waals surface area contributed by atoms with Crippen molar-refractivity contribution in [2.75, 3.05) is 38.8 Å². The molecule has 37 heavy (non-hydrogen) atoms. The number of halogens is 3. The van der Waals surface area contributed by atoms with Crippen molar-refractivity contribution in [3.8, 4) is 17.0 Å². The molecule has 4 aromatic rings. The van der Waals surface area contributed by atoms with Crippen LogP contribution < -0.4 is 15.4 Å². The molecule has 0 saturated carbocycles. The molecule has 0 radical (unpaired) electrons. The summed E-state index contributed by atoms with van der Waals surface area (Å²) >= 11 is 0. The SMILES string of the molecule is CN1CC[C@@H](Oc2ccc(-c3cc4c(Nc5ccccc5P(C)(C)=O)c(C(F)(F)F)cnc4[nH]3)cc2)C1. The fraction of sp³-hybridized carbons (Fsp3) is 0.296. The molecule has 1 aliphatic rings. The lowest BCUT2D eigenvalue weighted by Crippen LogP contribution is -2.21. The molecule has 2 N–H and O–H groups in total. The molecule has 2 aromatic carbocycles. The van der Waals surface area contributed by atoms with Gasteiger partial charge in [0, 0.05) is 41.4 Å². The third-order valence-corrected chi connectivity index (χ3v) is 8.07. The molecule has 3 heterocycles. The molecule has 1 aliphatic heterocycles. The van der Waals surface area contributed by atoms with Crippen molar-refractivity contribution in [1.82, 2.24) is 14.9 Å². The fourth-order valence-corrected chi connectivity index (χ4v) is 5.82. The lowest BCUT2D eigenvalue weighted by atomic mass is 10.1. The van der Waals surface area contributed by atoms with Crippen molar-refractivity contribution >= 4 is 34.9 Å². The van der Waals surface area contributed by atoms with Gasteiger partial charge in [0.05, 0.1) is 11.3 Å². The van der Waals surface area contributed by atoms with E-state index in [9.17, 15) is 17.7 Å². The summed E-state index contributed by atoms with van der Waals surface area (Å²) in [5, 5.41) is 3.71. The van der Waals surface area contributed by atoms with Crippen molar-refractivity contribution in [3.63, 3.8) is 0 Å². The van der Waals surface area contributed by atoms with Crippen molar-refractivity contribution in [3.05, 3.63) is 66.4 Å². The zero-order valence-electron chi connectivity index (χ0n) is 20.8. The molecule has 1 saturated heterocycles. The minimum absolute atomic E-state index is 0.133. The molecular weight excluding hydrogens is 500 g/mol. The van der Waals surface area contributed by atoms with Crippen LogP contribution in [-0.4, -0.2) is 54.4 Å². The molecule has 6 nitrogen and oxygen atoms in total. The second-order valence-corrected chi connectivity index (χ2v) is 13.0. The first kappa shape index (κ1) is 25.4. The lowest BCUT2D eigenvalue weighted by molar-refractivity contribution is -0.137. The van der Waals surface area contributed by atoms with E-state index in [1.807, 2.05) is 24.3 Å². The average molecular weight is 529 g/mol. The number of nitrogens with zero attached hydrogens (tertiary/aromatic N) is 2. The van der Waals surface area contributed by atoms with E-state index in [1.165, 1.54) is 0 Å². The maximum Gasteiger partial charge on any atom is 0.419 e. The van der Waals surface area contributed by atoms with E-state index in [2.05, 4.69) is 27.2 Å². The van der Waals surface area contributed by atoms with Crippen molar-refractivity contribution in [2.24, 2.45) is 0 Å². The van der Waals surface area contributed by atoms with Crippen LogP contribution in [0.15, 0.2) is 60.8 Å². The second-order valence-electron chi connectivity index (χ2n) is 9.80. The summed E-state index contributed by atoms with van der Waals surface area (Å²) in [6, 6.07) is 15.9. The number of anilines is 2.